The van der Waals surface area contributed by atoms with Gasteiger partial charge in [0.1, 0.15) is 0 Å². The van der Waals surface area contributed by atoms with Crippen LogP contribution < -0.4 is 5.32 Å². The molecule has 0 spiro atoms. The minimum atomic E-state index is 0. The van der Waals surface area contributed by atoms with Crippen molar-refractivity contribution in [2.24, 2.45) is 0 Å². The van der Waals surface area contributed by atoms with E-state index < -0.39 is 0 Å². The smallest absolute Gasteiger partial charge is 0.216 e. The molecule has 0 bridgehead atoms. The van der Waals surface area contributed by atoms with Crippen LogP contribution in [0.3, 0.4) is 0 Å². The van der Waals surface area contributed by atoms with Gasteiger partial charge in [-0.05, 0) is 6.92 Å². The molecule has 2 nitrogen and oxygen atoms in total. The fourth-order valence-corrected chi connectivity index (χ4v) is 0.125. The Labute approximate surface area is 108 Å². The van der Waals surface area contributed by atoms with E-state index in [1.54, 1.807) is 14.0 Å². The molecule has 0 rings (SSSR count). The van der Waals surface area contributed by atoms with Gasteiger partial charge in [0.2, 0.25) is 5.91 Å². The minimum Gasteiger partial charge on any atom is -0.359 e. The molecule has 0 aromatic heterocycles. The summed E-state index contributed by atoms with van der Waals surface area (Å²) in [6.45, 7) is 11.8. The Morgan fingerprint density at radius 3 is 1.77 bits per heavy atom. The van der Waals surface area contributed by atoms with Crippen LogP contribution in [0.4, 0.5) is 0 Å². The Bertz CT molecular complexity index is 136. The Hall–Kier alpha value is 0.134. The summed E-state index contributed by atoms with van der Waals surface area (Å²) in [6, 6.07) is 0. The van der Waals surface area contributed by atoms with Gasteiger partial charge in [-0.25, -0.2) is 0 Å². The molecule has 75 valence electrons. The van der Waals surface area contributed by atoms with Gasteiger partial charge in [0.15, 0.2) is 0 Å². The van der Waals surface area contributed by atoms with Crippen LogP contribution >= 0.6 is 0 Å². The van der Waals surface area contributed by atoms with E-state index in [0.29, 0.717) is 0 Å². The van der Waals surface area contributed by atoms with Crippen LogP contribution in [-0.2, 0) is 37.5 Å². The average Bonchev–Trinajstić information content (AvgIpc) is 2.10. The molecule has 0 aromatic carbocycles. The first-order valence-electron chi connectivity index (χ1n) is 3.76. The Kier molecular flexibility index (Phi) is 52.7. The minimum absolute atomic E-state index is 0. The zero-order chi connectivity index (χ0) is 10.4. The van der Waals surface area contributed by atoms with Crippen LogP contribution in [0.15, 0.2) is 0 Å². The summed E-state index contributed by atoms with van der Waals surface area (Å²) in [7, 11) is 1.60. The topological polar surface area (TPSA) is 29.1 Å². The van der Waals surface area contributed by atoms with Crippen molar-refractivity contribution in [3.63, 3.8) is 0 Å². The van der Waals surface area contributed by atoms with E-state index in [4.69, 9.17) is 0 Å². The molecule has 13 heavy (non-hydrogen) atoms. The first kappa shape index (κ1) is 23.2. The van der Waals surface area contributed by atoms with Crippen LogP contribution in [0.2, 0.25) is 0 Å². The van der Waals surface area contributed by atoms with Gasteiger partial charge in [0, 0.05) is 46.7 Å². The van der Waals surface area contributed by atoms with Gasteiger partial charge >= 0.3 is 0 Å². The summed E-state index contributed by atoms with van der Waals surface area (Å²) in [5.41, 5.74) is 0. The summed E-state index contributed by atoms with van der Waals surface area (Å²) in [4.78, 5) is 9.70. The summed E-state index contributed by atoms with van der Waals surface area (Å²) in [5, 5.41) is 2.39. The summed E-state index contributed by atoms with van der Waals surface area (Å²) in [5.74, 6) is 5.46. The van der Waals surface area contributed by atoms with Crippen LogP contribution in [0.1, 0.15) is 27.2 Å². The number of hydrogen-bond acceptors (Lipinski definition) is 1. The third kappa shape index (κ3) is 72.9. The van der Waals surface area contributed by atoms with Crippen LogP contribution in [0.25, 0.3) is 0 Å². The SMILES string of the molecule is CNC(C)=O.[CH2-]C.[CH2-]CC#CC.[Y]. The number of rotatable bonds is 0. The van der Waals surface area contributed by atoms with Gasteiger partial charge in [0.25, 0.3) is 0 Å². The van der Waals surface area contributed by atoms with Crippen LogP contribution in [0.5, 0.6) is 0 Å². The average molecular weight is 258 g/mol. The van der Waals surface area contributed by atoms with Gasteiger partial charge in [-0.3, -0.25) is 4.79 Å². The van der Waals surface area contributed by atoms with Crippen molar-refractivity contribution in [3.8, 4) is 11.8 Å². The van der Waals surface area contributed by atoms with E-state index in [1.807, 2.05) is 6.92 Å². The summed E-state index contributed by atoms with van der Waals surface area (Å²) < 4.78 is 0. The molecule has 3 heteroatoms. The van der Waals surface area contributed by atoms with E-state index in [-0.39, 0.29) is 38.6 Å². The number of carbonyl (C=O) groups is 1. The van der Waals surface area contributed by atoms with Gasteiger partial charge in [-0.1, -0.05) is 0 Å². The van der Waals surface area contributed by atoms with Crippen molar-refractivity contribution in [3.05, 3.63) is 13.8 Å². The van der Waals surface area contributed by atoms with Crippen molar-refractivity contribution >= 4 is 5.91 Å². The fraction of sp³-hybridized carbons (Fsp3) is 0.500. The van der Waals surface area contributed by atoms with E-state index in [9.17, 15) is 4.79 Å². The molecular formula is C10H19NOY-2. The van der Waals surface area contributed by atoms with Crippen molar-refractivity contribution in [2.45, 2.75) is 27.2 Å². The monoisotopic (exact) mass is 258 g/mol. The van der Waals surface area contributed by atoms with Crippen molar-refractivity contribution < 1.29 is 37.5 Å². The molecule has 0 saturated carbocycles. The van der Waals surface area contributed by atoms with E-state index in [0.717, 1.165) is 6.42 Å². The molecular weight excluding hydrogens is 239 g/mol. The quantitative estimate of drug-likeness (QED) is 0.521. The van der Waals surface area contributed by atoms with E-state index in [1.165, 1.54) is 6.92 Å². The predicted octanol–water partition coefficient (Wildman–Crippen LogP) is 1.82. The van der Waals surface area contributed by atoms with Crippen LogP contribution in [0, 0.1) is 25.7 Å². The van der Waals surface area contributed by atoms with Gasteiger partial charge in [-0.15, -0.1) is 18.3 Å². The Balaban J connectivity index is -0.0000000491. The van der Waals surface area contributed by atoms with Crippen molar-refractivity contribution in [2.75, 3.05) is 7.05 Å². The molecule has 1 radical (unpaired) electrons. The first-order chi connectivity index (χ1) is 5.68. The summed E-state index contributed by atoms with van der Waals surface area (Å²) in [6.07, 6.45) is 0.733. The van der Waals surface area contributed by atoms with Gasteiger partial charge < -0.3 is 19.2 Å². The van der Waals surface area contributed by atoms with Gasteiger partial charge in [0.05, 0.1) is 0 Å². The molecule has 0 unspecified atom stereocenters. The number of amides is 1. The predicted molar refractivity (Wildman–Crippen MR) is 54.2 cm³/mol. The molecule has 0 aromatic rings. The fourth-order valence-electron chi connectivity index (χ4n) is 0.125. The second kappa shape index (κ2) is 29.6. The standard InChI is InChI=1S/C5H7.C3H7NO.C2H5.Y/c1-3-5-4-2;1-3(5)4-2;1-2;/h1,3H2,2H3;1-2H3,(H,4,5);1H2,2H3;/q-1;;-1;. The Morgan fingerprint density at radius 2 is 1.77 bits per heavy atom. The van der Waals surface area contributed by atoms with Crippen molar-refractivity contribution in [1.82, 2.24) is 5.32 Å². The second-order valence-electron chi connectivity index (χ2n) is 1.48. The third-order valence-corrected chi connectivity index (χ3v) is 0.654. The number of hydrogen-bond donors (Lipinski definition) is 1. The van der Waals surface area contributed by atoms with Crippen molar-refractivity contribution in [1.29, 1.82) is 0 Å². The summed E-state index contributed by atoms with van der Waals surface area (Å²) >= 11 is 0. The first-order valence-corrected chi connectivity index (χ1v) is 3.76. The maximum absolute atomic E-state index is 9.70. The maximum atomic E-state index is 9.70. The maximum Gasteiger partial charge on any atom is 0.216 e. The molecule has 0 fully saturated rings. The molecule has 1 amide bonds. The van der Waals surface area contributed by atoms with Crippen LogP contribution in [-0.4, -0.2) is 13.0 Å². The van der Waals surface area contributed by atoms with E-state index >= 15 is 0 Å². The normalized spacial score (nSPS) is 5.08. The largest absolute Gasteiger partial charge is 0.359 e. The molecule has 0 atom stereocenters. The molecule has 1 N–H and O–H groups in total. The molecule has 0 aliphatic rings. The molecule has 0 heterocycles. The number of carbonyl (C=O) groups excluding carboxylic acids is 1. The molecule has 0 aliphatic carbocycles. The zero-order valence-electron chi connectivity index (χ0n) is 9.11. The molecule has 0 saturated heterocycles. The number of nitrogens with one attached hydrogen (secondary N) is 1. The zero-order valence-corrected chi connectivity index (χ0v) is 11.9. The van der Waals surface area contributed by atoms with E-state index in [2.05, 4.69) is 31.0 Å². The van der Waals surface area contributed by atoms with Gasteiger partial charge in [-0.2, -0.15) is 6.92 Å². The second-order valence-corrected chi connectivity index (χ2v) is 1.48. The Morgan fingerprint density at radius 1 is 1.46 bits per heavy atom. The third-order valence-electron chi connectivity index (χ3n) is 0.654. The molecule has 0 aliphatic heterocycles.